The SMILES string of the molecule is CC1(C)c2ccccc2-c2c1c1cc3c(cc1n2-c1ccccc1)c1cc(-c2cccc4c2sc2ccccc24)ccc1n3-c1cccc(-c2nc(-c3ccccc3)nc(-c3ccccc3)n2)c1. The zero-order chi connectivity index (χ0) is 45.1. The highest BCUT2D eigenvalue weighted by Crippen LogP contribution is 2.55. The van der Waals surface area contributed by atoms with Crippen molar-refractivity contribution < 1.29 is 0 Å². The van der Waals surface area contributed by atoms with E-state index < -0.39 is 0 Å². The molecule has 0 bridgehead atoms. The number of benzene rings is 9. The van der Waals surface area contributed by atoms with E-state index in [1.165, 1.54) is 75.4 Å². The molecular formula is C62H41N5S. The number of fused-ring (bicyclic) bond motifs is 11. The summed E-state index contributed by atoms with van der Waals surface area (Å²) in [6, 6.07) is 76.5. The lowest BCUT2D eigenvalue weighted by atomic mass is 9.81. The lowest BCUT2D eigenvalue weighted by Crippen LogP contribution is -2.14. The third-order valence-electron chi connectivity index (χ3n) is 14.1. The Hall–Kier alpha value is -8.45. The van der Waals surface area contributed by atoms with Crippen molar-refractivity contribution in [2.45, 2.75) is 19.3 Å². The first-order valence-corrected chi connectivity index (χ1v) is 24.0. The third kappa shape index (κ3) is 5.77. The van der Waals surface area contributed by atoms with E-state index >= 15 is 0 Å². The number of aromatic nitrogens is 5. The second kappa shape index (κ2) is 14.8. The molecule has 0 atom stereocenters. The third-order valence-corrected chi connectivity index (χ3v) is 15.3. The van der Waals surface area contributed by atoms with Crippen LogP contribution in [0.2, 0.25) is 0 Å². The van der Waals surface area contributed by atoms with Gasteiger partial charge in [0.1, 0.15) is 0 Å². The molecule has 6 heteroatoms. The van der Waals surface area contributed by atoms with Crippen molar-refractivity contribution in [2.75, 3.05) is 0 Å². The number of para-hydroxylation sites is 1. The molecule has 0 saturated heterocycles. The quantitative estimate of drug-likeness (QED) is 0.167. The van der Waals surface area contributed by atoms with E-state index in [1.807, 2.05) is 47.7 Å². The predicted molar refractivity (Wildman–Crippen MR) is 283 cm³/mol. The van der Waals surface area contributed by atoms with Crippen molar-refractivity contribution in [3.63, 3.8) is 0 Å². The second-order valence-electron chi connectivity index (χ2n) is 18.4. The monoisotopic (exact) mass is 887 g/mol. The molecule has 4 aromatic heterocycles. The molecule has 4 heterocycles. The van der Waals surface area contributed by atoms with Crippen molar-refractivity contribution in [2.24, 2.45) is 0 Å². The number of hydrogen-bond donors (Lipinski definition) is 0. The average molecular weight is 888 g/mol. The maximum absolute atomic E-state index is 5.15. The lowest BCUT2D eigenvalue weighted by molar-refractivity contribution is 0.666. The number of hydrogen-bond acceptors (Lipinski definition) is 4. The maximum atomic E-state index is 5.15. The molecule has 9 aromatic carbocycles. The van der Waals surface area contributed by atoms with E-state index in [4.69, 9.17) is 15.0 Å². The second-order valence-corrected chi connectivity index (χ2v) is 19.4. The lowest BCUT2D eigenvalue weighted by Gasteiger charge is -2.21. The standard InChI is InChI=1S/C62H41N5S/c1-62(2)51-30-14-12-27-47(51)57-56(62)50-37-53-49(36-54(50)67(57)42-23-10-5-11-24-42)48-35-40(44-28-17-29-46-45-26-13-15-31-55(45)68-58(44)46)32-33-52(48)66(53)43-25-16-22-41(34-43)61-64-59(38-18-6-3-7-19-38)63-60(65-61)39-20-8-4-9-21-39/h3-37H,1-2H3. The number of nitrogens with zero attached hydrogens (tertiary/aromatic N) is 5. The van der Waals surface area contributed by atoms with Gasteiger partial charge in [-0.15, -0.1) is 11.3 Å². The predicted octanol–water partition coefficient (Wildman–Crippen LogP) is 16.3. The van der Waals surface area contributed by atoms with Gasteiger partial charge in [-0.3, -0.25) is 0 Å². The Morgan fingerprint density at radius 1 is 0.382 bits per heavy atom. The fourth-order valence-electron chi connectivity index (χ4n) is 11.0. The molecule has 0 unspecified atom stereocenters. The van der Waals surface area contributed by atoms with Gasteiger partial charge < -0.3 is 9.13 Å². The Bertz CT molecular complexity index is 4100. The van der Waals surface area contributed by atoms with Crippen molar-refractivity contribution in [1.82, 2.24) is 24.1 Å². The highest BCUT2D eigenvalue weighted by Gasteiger charge is 2.41. The van der Waals surface area contributed by atoms with Crippen LogP contribution < -0.4 is 0 Å². The maximum Gasteiger partial charge on any atom is 0.164 e. The van der Waals surface area contributed by atoms with Crippen LogP contribution in [-0.4, -0.2) is 24.1 Å². The topological polar surface area (TPSA) is 48.5 Å². The van der Waals surface area contributed by atoms with E-state index in [0.717, 1.165) is 39.1 Å². The van der Waals surface area contributed by atoms with Crippen LogP contribution in [0.4, 0.5) is 0 Å². The van der Waals surface area contributed by atoms with Gasteiger partial charge in [-0.25, -0.2) is 15.0 Å². The van der Waals surface area contributed by atoms with E-state index in [9.17, 15) is 0 Å². The van der Waals surface area contributed by atoms with Crippen LogP contribution in [-0.2, 0) is 5.41 Å². The summed E-state index contributed by atoms with van der Waals surface area (Å²) >= 11 is 1.88. The van der Waals surface area contributed by atoms with Crippen molar-refractivity contribution in [3.8, 4) is 67.9 Å². The molecule has 0 N–H and O–H groups in total. The molecule has 0 aliphatic heterocycles. The van der Waals surface area contributed by atoms with Crippen LogP contribution in [0.3, 0.4) is 0 Å². The highest BCUT2D eigenvalue weighted by molar-refractivity contribution is 7.26. The fourth-order valence-corrected chi connectivity index (χ4v) is 12.3. The molecule has 320 valence electrons. The first-order valence-electron chi connectivity index (χ1n) is 23.2. The van der Waals surface area contributed by atoms with Gasteiger partial charge in [0.15, 0.2) is 17.5 Å². The van der Waals surface area contributed by atoms with E-state index in [-0.39, 0.29) is 5.41 Å². The van der Waals surface area contributed by atoms with E-state index in [0.29, 0.717) is 17.5 Å². The van der Waals surface area contributed by atoms with Crippen LogP contribution in [0.25, 0.3) is 121 Å². The molecular weight excluding hydrogens is 847 g/mol. The molecule has 68 heavy (non-hydrogen) atoms. The molecule has 1 aliphatic rings. The summed E-state index contributed by atoms with van der Waals surface area (Å²) in [7, 11) is 0. The summed E-state index contributed by atoms with van der Waals surface area (Å²) in [5.41, 5.74) is 16.0. The molecule has 5 nitrogen and oxygen atoms in total. The summed E-state index contributed by atoms with van der Waals surface area (Å²) in [6.07, 6.45) is 0. The van der Waals surface area contributed by atoms with Gasteiger partial charge >= 0.3 is 0 Å². The number of rotatable bonds is 6. The Kier molecular flexibility index (Phi) is 8.43. The largest absolute Gasteiger partial charge is 0.309 e. The van der Waals surface area contributed by atoms with Crippen LogP contribution in [0.5, 0.6) is 0 Å². The summed E-state index contributed by atoms with van der Waals surface area (Å²) in [6.45, 7) is 4.78. The normalized spacial score (nSPS) is 13.0. The number of thiophene rings is 1. The molecule has 14 rings (SSSR count). The van der Waals surface area contributed by atoms with Crippen LogP contribution in [0.1, 0.15) is 25.0 Å². The Balaban J connectivity index is 1.05. The Labute approximate surface area is 396 Å². The first kappa shape index (κ1) is 38.8. The van der Waals surface area contributed by atoms with Crippen molar-refractivity contribution in [1.29, 1.82) is 0 Å². The van der Waals surface area contributed by atoms with Crippen LogP contribution in [0.15, 0.2) is 212 Å². The summed E-state index contributed by atoms with van der Waals surface area (Å²) < 4.78 is 7.58. The zero-order valence-corrected chi connectivity index (χ0v) is 38.2. The van der Waals surface area contributed by atoms with E-state index in [2.05, 4.69) is 199 Å². The van der Waals surface area contributed by atoms with Crippen molar-refractivity contribution >= 4 is 64.2 Å². The van der Waals surface area contributed by atoms with Crippen molar-refractivity contribution in [3.05, 3.63) is 223 Å². The molecule has 0 radical (unpaired) electrons. The van der Waals surface area contributed by atoms with Gasteiger partial charge in [0.05, 0.1) is 22.2 Å². The molecule has 0 spiro atoms. The van der Waals surface area contributed by atoms with Gasteiger partial charge in [0.25, 0.3) is 0 Å². The molecule has 1 aliphatic carbocycles. The van der Waals surface area contributed by atoms with Crippen LogP contribution in [0, 0.1) is 0 Å². The van der Waals surface area contributed by atoms with Gasteiger partial charge in [0, 0.05) is 75.4 Å². The molecule has 0 saturated carbocycles. The van der Waals surface area contributed by atoms with Gasteiger partial charge in [-0.1, -0.05) is 172 Å². The summed E-state index contributed by atoms with van der Waals surface area (Å²) in [4.78, 5) is 15.3. The molecule has 0 amide bonds. The molecule has 0 fully saturated rings. The Morgan fingerprint density at radius 3 is 1.71 bits per heavy atom. The zero-order valence-electron chi connectivity index (χ0n) is 37.4. The minimum Gasteiger partial charge on any atom is -0.309 e. The fraction of sp³-hybridized carbons (Fsp3) is 0.0484. The molecule has 13 aromatic rings. The average Bonchev–Trinajstić information content (AvgIpc) is 4.11. The van der Waals surface area contributed by atoms with Gasteiger partial charge in [-0.2, -0.15) is 0 Å². The van der Waals surface area contributed by atoms with Gasteiger partial charge in [-0.05, 0) is 76.9 Å². The first-order chi connectivity index (χ1) is 33.5. The summed E-state index contributed by atoms with van der Waals surface area (Å²) in [5, 5.41) is 6.25. The van der Waals surface area contributed by atoms with E-state index in [1.54, 1.807) is 0 Å². The smallest absolute Gasteiger partial charge is 0.164 e. The highest BCUT2D eigenvalue weighted by atomic mass is 32.1. The van der Waals surface area contributed by atoms with Crippen LogP contribution >= 0.6 is 11.3 Å². The van der Waals surface area contributed by atoms with Gasteiger partial charge in [0.2, 0.25) is 0 Å². The minimum atomic E-state index is -0.226. The Morgan fingerprint density at radius 2 is 0.941 bits per heavy atom. The summed E-state index contributed by atoms with van der Waals surface area (Å²) in [5.74, 6) is 1.90. The minimum absolute atomic E-state index is 0.226.